The van der Waals surface area contributed by atoms with Gasteiger partial charge in [-0.05, 0) is 37.4 Å². The first-order valence-corrected chi connectivity index (χ1v) is 12.7. The van der Waals surface area contributed by atoms with Crippen molar-refractivity contribution < 1.29 is 9.35 Å². The summed E-state index contributed by atoms with van der Waals surface area (Å²) in [4.78, 5) is 22.6. The van der Waals surface area contributed by atoms with Crippen molar-refractivity contribution in [3.05, 3.63) is 47.5 Å². The van der Waals surface area contributed by atoms with Gasteiger partial charge in [-0.1, -0.05) is 35.2 Å². The zero-order chi connectivity index (χ0) is 21.3. The standard InChI is InChI=1S/C21H24N4O2S3/c1-4-25(5-2)21(26)17-13-22-20(29-17)15-12-14-8-6-9-16(19(14)23-15)24(3)30(27)18-10-7-11-28-18/h6-12,17,23H,4-5,13H2,1-3H3. The Morgan fingerprint density at radius 1 is 1.30 bits per heavy atom. The van der Waals surface area contributed by atoms with Crippen molar-refractivity contribution in [2.24, 2.45) is 4.99 Å². The second-order valence-corrected chi connectivity index (χ2v) is 10.7. The first-order valence-electron chi connectivity index (χ1n) is 9.84. The molecule has 1 aliphatic rings. The number of aliphatic imine (C=N–C) groups is 1. The minimum absolute atomic E-state index is 0.145. The van der Waals surface area contributed by atoms with Gasteiger partial charge in [0.05, 0.1) is 24.8 Å². The number of carbonyl (C=O) groups excluding carboxylic acids is 1. The van der Waals surface area contributed by atoms with Crippen LogP contribution in [0.25, 0.3) is 10.9 Å². The summed E-state index contributed by atoms with van der Waals surface area (Å²) in [6.45, 7) is 5.92. The van der Waals surface area contributed by atoms with E-state index in [-0.39, 0.29) is 11.2 Å². The van der Waals surface area contributed by atoms with E-state index in [1.807, 2.05) is 61.5 Å². The Bertz CT molecular complexity index is 1060. The number of para-hydroxylation sites is 1. The van der Waals surface area contributed by atoms with Crippen LogP contribution >= 0.6 is 23.1 Å². The van der Waals surface area contributed by atoms with E-state index < -0.39 is 11.4 Å². The number of aromatic nitrogens is 1. The van der Waals surface area contributed by atoms with E-state index >= 15 is 0 Å². The Kier molecular flexibility index (Phi) is 6.43. The van der Waals surface area contributed by atoms with Crippen molar-refractivity contribution in [3.63, 3.8) is 0 Å². The van der Waals surface area contributed by atoms with Crippen LogP contribution in [0.3, 0.4) is 0 Å². The summed E-state index contributed by atoms with van der Waals surface area (Å²) in [5.74, 6) is 0.145. The monoisotopic (exact) mass is 460 g/mol. The number of H-pyrrole nitrogens is 1. The van der Waals surface area contributed by atoms with E-state index in [2.05, 4.69) is 16.0 Å². The molecule has 2 unspecified atom stereocenters. The normalized spacial score (nSPS) is 17.2. The van der Waals surface area contributed by atoms with E-state index in [1.165, 1.54) is 23.1 Å². The van der Waals surface area contributed by atoms with E-state index in [0.717, 1.165) is 31.5 Å². The lowest BCUT2D eigenvalue weighted by Crippen LogP contribution is -2.38. The number of rotatable bonds is 7. The van der Waals surface area contributed by atoms with E-state index in [0.29, 0.717) is 19.6 Å². The topological polar surface area (TPSA) is 74.8 Å². The third-order valence-electron chi connectivity index (χ3n) is 5.12. The van der Waals surface area contributed by atoms with E-state index in [1.54, 1.807) is 4.31 Å². The quantitative estimate of drug-likeness (QED) is 0.538. The molecule has 2 aromatic heterocycles. The van der Waals surface area contributed by atoms with E-state index in [9.17, 15) is 9.35 Å². The minimum atomic E-state index is -1.27. The summed E-state index contributed by atoms with van der Waals surface area (Å²) >= 11 is 1.73. The van der Waals surface area contributed by atoms with Crippen LogP contribution in [0.4, 0.5) is 5.69 Å². The molecule has 1 N–H and O–H groups in total. The summed E-state index contributed by atoms with van der Waals surface area (Å²) in [6, 6.07) is 11.8. The minimum Gasteiger partial charge on any atom is -0.587 e. The van der Waals surface area contributed by atoms with Crippen molar-refractivity contribution in [2.45, 2.75) is 23.3 Å². The second-order valence-electron chi connectivity index (χ2n) is 6.87. The van der Waals surface area contributed by atoms with Gasteiger partial charge in [0.1, 0.15) is 27.3 Å². The van der Waals surface area contributed by atoms with Crippen LogP contribution in [0.1, 0.15) is 19.5 Å². The smallest absolute Gasteiger partial charge is 0.238 e. The molecule has 158 valence electrons. The summed E-state index contributed by atoms with van der Waals surface area (Å²) in [5.41, 5.74) is 2.68. The van der Waals surface area contributed by atoms with E-state index in [4.69, 9.17) is 0 Å². The average Bonchev–Trinajstić information content (AvgIpc) is 3.52. The van der Waals surface area contributed by atoms with Gasteiger partial charge in [0, 0.05) is 24.5 Å². The van der Waals surface area contributed by atoms with Crippen LogP contribution in [-0.4, -0.2) is 57.3 Å². The summed E-state index contributed by atoms with van der Waals surface area (Å²) < 4.78 is 15.5. The number of aromatic amines is 1. The van der Waals surface area contributed by atoms with Crippen LogP contribution in [0.2, 0.25) is 0 Å². The first kappa shape index (κ1) is 21.3. The zero-order valence-electron chi connectivity index (χ0n) is 17.1. The lowest BCUT2D eigenvalue weighted by molar-refractivity contribution is -0.129. The fourth-order valence-corrected chi connectivity index (χ4v) is 6.63. The Morgan fingerprint density at radius 3 is 2.80 bits per heavy atom. The molecule has 4 rings (SSSR count). The highest BCUT2D eigenvalue weighted by Crippen LogP contribution is 2.34. The molecule has 0 bridgehead atoms. The maximum atomic E-state index is 12.9. The van der Waals surface area contributed by atoms with Crippen LogP contribution in [-0.2, 0) is 16.2 Å². The molecule has 0 aliphatic carbocycles. The number of thioether (sulfide) groups is 1. The molecule has 0 radical (unpaired) electrons. The summed E-state index contributed by atoms with van der Waals surface area (Å²) in [6.07, 6.45) is 0. The molecule has 3 heterocycles. The van der Waals surface area contributed by atoms with Gasteiger partial charge in [-0.2, -0.15) is 4.31 Å². The fraction of sp³-hybridized carbons (Fsp3) is 0.333. The molecule has 30 heavy (non-hydrogen) atoms. The lowest BCUT2D eigenvalue weighted by atomic mass is 10.2. The molecule has 2 atom stereocenters. The number of anilines is 1. The first-order chi connectivity index (χ1) is 14.5. The van der Waals surface area contributed by atoms with Gasteiger partial charge in [0.15, 0.2) is 0 Å². The molecular weight excluding hydrogens is 436 g/mol. The molecule has 1 aliphatic heterocycles. The number of benzene rings is 1. The van der Waals surface area contributed by atoms with Crippen LogP contribution in [0.5, 0.6) is 0 Å². The van der Waals surface area contributed by atoms with Gasteiger partial charge in [-0.15, -0.1) is 0 Å². The third kappa shape index (κ3) is 3.99. The fourth-order valence-electron chi connectivity index (χ4n) is 3.50. The van der Waals surface area contributed by atoms with Crippen molar-refractivity contribution in [1.29, 1.82) is 0 Å². The van der Waals surface area contributed by atoms with Crippen molar-refractivity contribution in [3.8, 4) is 0 Å². The van der Waals surface area contributed by atoms with Crippen molar-refractivity contribution >= 4 is 62.0 Å². The molecule has 3 aromatic rings. The number of fused-ring (bicyclic) bond motifs is 1. The predicted molar refractivity (Wildman–Crippen MR) is 128 cm³/mol. The second kappa shape index (κ2) is 9.05. The number of nitrogens with one attached hydrogen (secondary N) is 1. The van der Waals surface area contributed by atoms with Crippen LogP contribution < -0.4 is 4.31 Å². The summed E-state index contributed by atoms with van der Waals surface area (Å²) in [7, 11) is 1.84. The van der Waals surface area contributed by atoms with Crippen LogP contribution in [0, 0.1) is 0 Å². The van der Waals surface area contributed by atoms with Gasteiger partial charge < -0.3 is 14.4 Å². The van der Waals surface area contributed by atoms with Gasteiger partial charge in [0.25, 0.3) is 0 Å². The average molecular weight is 461 g/mol. The molecule has 9 heteroatoms. The molecular formula is C21H24N4O2S3. The van der Waals surface area contributed by atoms with Crippen molar-refractivity contribution in [2.75, 3.05) is 31.0 Å². The molecule has 0 spiro atoms. The van der Waals surface area contributed by atoms with Gasteiger partial charge in [-0.25, -0.2) is 0 Å². The predicted octanol–water partition coefficient (Wildman–Crippen LogP) is 4.12. The Labute approximate surface area is 187 Å². The highest BCUT2D eigenvalue weighted by Gasteiger charge is 2.31. The Balaban J connectivity index is 1.58. The lowest BCUT2D eigenvalue weighted by Gasteiger charge is -2.21. The number of nitrogens with zero attached hydrogens (tertiary/aromatic N) is 3. The van der Waals surface area contributed by atoms with Crippen molar-refractivity contribution in [1.82, 2.24) is 9.88 Å². The number of carbonyl (C=O) groups is 1. The Hall–Kier alpha value is -1.94. The molecule has 0 fully saturated rings. The van der Waals surface area contributed by atoms with Gasteiger partial charge >= 0.3 is 0 Å². The SMILES string of the molecule is CCN(CC)C(=O)C1CN=C(c2cc3cccc(N(C)[S+]([O-])c4cccs4)c3[nH]2)S1. The highest BCUT2D eigenvalue weighted by molar-refractivity contribution is 8.15. The number of hydrogen-bond acceptors (Lipinski definition) is 6. The molecule has 0 saturated heterocycles. The maximum absolute atomic E-state index is 12.9. The highest BCUT2D eigenvalue weighted by atomic mass is 32.2. The van der Waals surface area contributed by atoms with Gasteiger partial charge in [-0.3, -0.25) is 9.79 Å². The van der Waals surface area contributed by atoms with Gasteiger partial charge in [0.2, 0.25) is 10.1 Å². The Morgan fingerprint density at radius 2 is 2.10 bits per heavy atom. The number of thiophene rings is 1. The molecule has 1 amide bonds. The van der Waals surface area contributed by atoms with Crippen LogP contribution in [0.15, 0.2) is 51.0 Å². The number of hydrogen-bond donors (Lipinski definition) is 1. The maximum Gasteiger partial charge on any atom is 0.238 e. The molecule has 0 saturated carbocycles. The molecule has 1 aromatic carbocycles. The summed E-state index contributed by atoms with van der Waals surface area (Å²) in [5, 5.41) is 3.64. The largest absolute Gasteiger partial charge is 0.587 e. The molecule has 6 nitrogen and oxygen atoms in total. The number of amides is 1. The third-order valence-corrected chi connectivity index (χ3v) is 8.88. The zero-order valence-corrected chi connectivity index (χ0v) is 19.6.